The highest BCUT2D eigenvalue weighted by atomic mass is 16.2. The minimum absolute atomic E-state index is 0.0663. The molecule has 1 aliphatic heterocycles. The summed E-state index contributed by atoms with van der Waals surface area (Å²) in [6, 6.07) is 10.5. The SMILES string of the molecule is Cc1[nH]nc(C(=O)N2CCC(c3ccccc3)CC2)c1N. The summed E-state index contributed by atoms with van der Waals surface area (Å²) in [5.41, 5.74) is 8.81. The molecule has 0 atom stereocenters. The molecule has 0 radical (unpaired) electrons. The lowest BCUT2D eigenvalue weighted by Gasteiger charge is -2.31. The zero-order chi connectivity index (χ0) is 14.8. The molecule has 1 fully saturated rings. The number of aromatic amines is 1. The lowest BCUT2D eigenvalue weighted by Crippen LogP contribution is -2.38. The van der Waals surface area contributed by atoms with E-state index < -0.39 is 0 Å². The second-order valence-electron chi connectivity index (χ2n) is 5.59. The number of nitrogens with zero attached hydrogens (tertiary/aromatic N) is 2. The van der Waals surface area contributed by atoms with Crippen LogP contribution in [0.2, 0.25) is 0 Å². The molecule has 21 heavy (non-hydrogen) atoms. The molecule has 1 amide bonds. The van der Waals surface area contributed by atoms with E-state index >= 15 is 0 Å². The van der Waals surface area contributed by atoms with Crippen LogP contribution >= 0.6 is 0 Å². The molecule has 5 heteroatoms. The summed E-state index contributed by atoms with van der Waals surface area (Å²) in [5.74, 6) is 0.469. The predicted molar refractivity (Wildman–Crippen MR) is 82.1 cm³/mol. The third-order valence-electron chi connectivity index (χ3n) is 4.25. The topological polar surface area (TPSA) is 75.0 Å². The van der Waals surface area contributed by atoms with Gasteiger partial charge in [-0.05, 0) is 31.2 Å². The first-order valence-corrected chi connectivity index (χ1v) is 7.31. The molecule has 0 aliphatic carbocycles. The number of nitrogens with two attached hydrogens (primary N) is 1. The number of H-pyrrole nitrogens is 1. The third kappa shape index (κ3) is 2.63. The van der Waals surface area contributed by atoms with E-state index in [1.165, 1.54) is 5.56 Å². The monoisotopic (exact) mass is 284 g/mol. The van der Waals surface area contributed by atoms with E-state index in [1.807, 2.05) is 17.9 Å². The zero-order valence-corrected chi connectivity index (χ0v) is 12.2. The Morgan fingerprint density at radius 3 is 2.52 bits per heavy atom. The van der Waals surface area contributed by atoms with Crippen molar-refractivity contribution in [2.45, 2.75) is 25.7 Å². The van der Waals surface area contributed by atoms with Gasteiger partial charge in [0.15, 0.2) is 5.69 Å². The Kier molecular flexibility index (Phi) is 3.64. The number of anilines is 1. The summed E-state index contributed by atoms with van der Waals surface area (Å²) in [4.78, 5) is 14.3. The van der Waals surface area contributed by atoms with Gasteiger partial charge in [-0.3, -0.25) is 9.89 Å². The summed E-state index contributed by atoms with van der Waals surface area (Å²) in [6.07, 6.45) is 1.97. The molecular formula is C16H20N4O. The molecule has 2 heterocycles. The third-order valence-corrected chi connectivity index (χ3v) is 4.25. The van der Waals surface area contributed by atoms with E-state index in [1.54, 1.807) is 0 Å². The number of piperidine rings is 1. The Balaban J connectivity index is 1.66. The molecule has 3 N–H and O–H groups in total. The van der Waals surface area contributed by atoms with Gasteiger partial charge in [0.05, 0.1) is 11.4 Å². The molecular weight excluding hydrogens is 264 g/mol. The van der Waals surface area contributed by atoms with Crippen LogP contribution in [-0.2, 0) is 0 Å². The van der Waals surface area contributed by atoms with Crippen LogP contribution < -0.4 is 5.73 Å². The van der Waals surface area contributed by atoms with E-state index in [4.69, 9.17) is 5.73 Å². The second kappa shape index (κ2) is 5.60. The summed E-state index contributed by atoms with van der Waals surface area (Å²) in [5, 5.41) is 6.80. The standard InChI is InChI=1S/C16H20N4O/c1-11-14(17)15(19-18-11)16(21)20-9-7-13(8-10-20)12-5-3-2-4-6-12/h2-6,13H,7-10,17H2,1H3,(H,18,19). The number of aryl methyl sites for hydroxylation is 1. The van der Waals surface area contributed by atoms with Crippen LogP contribution in [0.3, 0.4) is 0 Å². The van der Waals surface area contributed by atoms with Crippen LogP contribution in [0.15, 0.2) is 30.3 Å². The van der Waals surface area contributed by atoms with Crippen molar-refractivity contribution in [3.05, 3.63) is 47.3 Å². The maximum Gasteiger partial charge on any atom is 0.276 e. The number of benzene rings is 1. The van der Waals surface area contributed by atoms with Gasteiger partial charge in [-0.2, -0.15) is 5.10 Å². The smallest absolute Gasteiger partial charge is 0.276 e. The van der Waals surface area contributed by atoms with Gasteiger partial charge in [-0.1, -0.05) is 30.3 Å². The lowest BCUT2D eigenvalue weighted by molar-refractivity contribution is 0.0708. The van der Waals surface area contributed by atoms with Gasteiger partial charge in [0.1, 0.15) is 0 Å². The van der Waals surface area contributed by atoms with Crippen LogP contribution in [0, 0.1) is 6.92 Å². The van der Waals surface area contributed by atoms with E-state index in [0.717, 1.165) is 31.6 Å². The van der Waals surface area contributed by atoms with Gasteiger partial charge in [0.25, 0.3) is 5.91 Å². The van der Waals surface area contributed by atoms with Gasteiger partial charge < -0.3 is 10.6 Å². The molecule has 0 unspecified atom stereocenters. The van der Waals surface area contributed by atoms with E-state index in [-0.39, 0.29) is 5.91 Å². The highest BCUT2D eigenvalue weighted by molar-refractivity contribution is 5.97. The Morgan fingerprint density at radius 1 is 1.29 bits per heavy atom. The fraction of sp³-hybridized carbons (Fsp3) is 0.375. The van der Waals surface area contributed by atoms with Crippen LogP contribution in [0.4, 0.5) is 5.69 Å². The van der Waals surface area contributed by atoms with Crippen molar-refractivity contribution in [1.82, 2.24) is 15.1 Å². The highest BCUT2D eigenvalue weighted by Crippen LogP contribution is 2.28. The molecule has 1 aliphatic rings. The summed E-state index contributed by atoms with van der Waals surface area (Å²) in [7, 11) is 0. The van der Waals surface area contributed by atoms with E-state index in [0.29, 0.717) is 17.3 Å². The van der Waals surface area contributed by atoms with Crippen LogP contribution in [-0.4, -0.2) is 34.1 Å². The number of aromatic nitrogens is 2. The molecule has 0 bridgehead atoms. The van der Waals surface area contributed by atoms with Crippen LogP contribution in [0.1, 0.15) is 40.5 Å². The second-order valence-corrected chi connectivity index (χ2v) is 5.59. The van der Waals surface area contributed by atoms with Crippen LogP contribution in [0.25, 0.3) is 0 Å². The molecule has 2 aromatic rings. The van der Waals surface area contributed by atoms with Crippen molar-refractivity contribution >= 4 is 11.6 Å². The molecule has 5 nitrogen and oxygen atoms in total. The quantitative estimate of drug-likeness (QED) is 0.888. The maximum absolute atomic E-state index is 12.4. The summed E-state index contributed by atoms with van der Waals surface area (Å²) >= 11 is 0. The Bertz CT molecular complexity index is 627. The van der Waals surface area contributed by atoms with Crippen molar-refractivity contribution in [3.8, 4) is 0 Å². The minimum Gasteiger partial charge on any atom is -0.395 e. The van der Waals surface area contributed by atoms with Crippen molar-refractivity contribution in [3.63, 3.8) is 0 Å². The molecule has 0 spiro atoms. The van der Waals surface area contributed by atoms with E-state index in [2.05, 4.69) is 34.5 Å². The largest absolute Gasteiger partial charge is 0.395 e. The first-order valence-electron chi connectivity index (χ1n) is 7.31. The number of carbonyl (C=O) groups excluding carboxylic acids is 1. The predicted octanol–water partition coefficient (Wildman–Crippen LogP) is 2.32. The van der Waals surface area contributed by atoms with Crippen LogP contribution in [0.5, 0.6) is 0 Å². The van der Waals surface area contributed by atoms with Gasteiger partial charge in [0.2, 0.25) is 0 Å². The first-order chi connectivity index (χ1) is 10.2. The van der Waals surface area contributed by atoms with Crippen molar-refractivity contribution in [1.29, 1.82) is 0 Å². The van der Waals surface area contributed by atoms with Crippen molar-refractivity contribution in [2.24, 2.45) is 0 Å². The van der Waals surface area contributed by atoms with Crippen molar-refractivity contribution in [2.75, 3.05) is 18.8 Å². The van der Waals surface area contributed by atoms with Gasteiger partial charge in [-0.25, -0.2) is 0 Å². The Hall–Kier alpha value is -2.30. The number of nitrogen functional groups attached to an aromatic ring is 1. The number of hydrogen-bond acceptors (Lipinski definition) is 3. The van der Waals surface area contributed by atoms with Gasteiger partial charge >= 0.3 is 0 Å². The van der Waals surface area contributed by atoms with Crippen molar-refractivity contribution < 1.29 is 4.79 Å². The molecule has 1 saturated heterocycles. The number of amides is 1. The fourth-order valence-electron chi connectivity index (χ4n) is 2.89. The summed E-state index contributed by atoms with van der Waals surface area (Å²) < 4.78 is 0. The Labute approximate surface area is 124 Å². The Morgan fingerprint density at radius 2 is 1.95 bits per heavy atom. The number of hydrogen-bond donors (Lipinski definition) is 2. The maximum atomic E-state index is 12.4. The zero-order valence-electron chi connectivity index (χ0n) is 12.2. The normalized spacial score (nSPS) is 16.1. The molecule has 0 saturated carbocycles. The fourth-order valence-corrected chi connectivity index (χ4v) is 2.89. The number of likely N-dealkylation sites (tertiary alicyclic amines) is 1. The average molecular weight is 284 g/mol. The number of rotatable bonds is 2. The lowest BCUT2D eigenvalue weighted by atomic mass is 9.89. The molecule has 3 rings (SSSR count). The van der Waals surface area contributed by atoms with Gasteiger partial charge in [-0.15, -0.1) is 0 Å². The highest BCUT2D eigenvalue weighted by Gasteiger charge is 2.27. The molecule has 110 valence electrons. The van der Waals surface area contributed by atoms with Gasteiger partial charge in [0, 0.05) is 13.1 Å². The van der Waals surface area contributed by atoms with E-state index in [9.17, 15) is 4.79 Å². The first kappa shape index (κ1) is 13.7. The average Bonchev–Trinajstić information content (AvgIpc) is 2.87. The molecule has 1 aromatic heterocycles. The molecule has 1 aromatic carbocycles. The number of nitrogens with one attached hydrogen (secondary N) is 1. The summed E-state index contributed by atoms with van der Waals surface area (Å²) in [6.45, 7) is 3.33. The minimum atomic E-state index is -0.0663. The number of carbonyl (C=O) groups is 1.